The Hall–Kier alpha value is -0.840. The summed E-state index contributed by atoms with van der Waals surface area (Å²) in [6.07, 6.45) is 2.93. The molecule has 1 aromatic rings. The number of hydrogen-bond acceptors (Lipinski definition) is 4. The Morgan fingerprint density at radius 3 is 2.94 bits per heavy atom. The summed E-state index contributed by atoms with van der Waals surface area (Å²) >= 11 is 0. The van der Waals surface area contributed by atoms with Crippen LogP contribution in [0.1, 0.15) is 38.5 Å². The number of nitrogens with one attached hydrogen (secondary N) is 1. The molecule has 0 aliphatic carbocycles. The summed E-state index contributed by atoms with van der Waals surface area (Å²) in [4.78, 5) is 0. The molecule has 0 bridgehead atoms. The first-order valence-electron chi connectivity index (χ1n) is 6.54. The number of furan rings is 1. The summed E-state index contributed by atoms with van der Waals surface area (Å²) in [5.41, 5.74) is 1.28. The lowest BCUT2D eigenvalue weighted by molar-refractivity contribution is 0.0229. The summed E-state index contributed by atoms with van der Waals surface area (Å²) in [7, 11) is 0. The van der Waals surface area contributed by atoms with Crippen LogP contribution >= 0.6 is 0 Å². The van der Waals surface area contributed by atoms with Crippen LogP contribution in [0.25, 0.3) is 0 Å². The predicted octanol–water partition coefficient (Wildman–Crippen LogP) is 2.47. The molecular formula is C14H23NO3. The minimum Gasteiger partial charge on any atom is -0.467 e. The van der Waals surface area contributed by atoms with Crippen molar-refractivity contribution in [2.24, 2.45) is 0 Å². The molecule has 4 nitrogen and oxygen atoms in total. The van der Waals surface area contributed by atoms with Gasteiger partial charge in [0.25, 0.3) is 0 Å². The molecule has 0 saturated carbocycles. The third-order valence-corrected chi connectivity index (χ3v) is 2.98. The zero-order chi connectivity index (χ0) is 13.0. The monoisotopic (exact) mass is 253 g/mol. The molecule has 102 valence electrons. The zero-order valence-electron chi connectivity index (χ0n) is 11.5. The molecular weight excluding hydrogens is 230 g/mol. The van der Waals surface area contributed by atoms with Crippen LogP contribution in [0, 0.1) is 0 Å². The highest BCUT2D eigenvalue weighted by molar-refractivity contribution is 5.16. The lowest BCUT2D eigenvalue weighted by atomic mass is 10.1. The maximum absolute atomic E-state index is 5.77. The van der Waals surface area contributed by atoms with E-state index in [0.717, 1.165) is 25.3 Å². The topological polar surface area (TPSA) is 43.6 Å². The molecule has 1 saturated heterocycles. The number of rotatable bonds is 5. The summed E-state index contributed by atoms with van der Waals surface area (Å²) in [5.74, 6) is 0.915. The summed E-state index contributed by atoms with van der Waals surface area (Å²) in [5, 5.41) is 3.45. The molecule has 0 amide bonds. The highest BCUT2D eigenvalue weighted by Crippen LogP contribution is 2.16. The molecule has 0 radical (unpaired) electrons. The molecule has 1 unspecified atom stereocenters. The first-order valence-corrected chi connectivity index (χ1v) is 6.54. The SMILES string of the molecule is CC(C)(C)NCc1ccoc1COC1CCOC1. The highest BCUT2D eigenvalue weighted by Gasteiger charge is 2.18. The Balaban J connectivity index is 1.83. The minimum absolute atomic E-state index is 0.106. The summed E-state index contributed by atoms with van der Waals surface area (Å²) in [6, 6.07) is 2.00. The lowest BCUT2D eigenvalue weighted by Crippen LogP contribution is -2.35. The van der Waals surface area contributed by atoms with Gasteiger partial charge in [-0.1, -0.05) is 0 Å². The van der Waals surface area contributed by atoms with Crippen molar-refractivity contribution in [1.29, 1.82) is 0 Å². The van der Waals surface area contributed by atoms with Crippen molar-refractivity contribution < 1.29 is 13.9 Å². The van der Waals surface area contributed by atoms with Crippen molar-refractivity contribution in [1.82, 2.24) is 5.32 Å². The van der Waals surface area contributed by atoms with Crippen molar-refractivity contribution in [2.75, 3.05) is 13.2 Å². The van der Waals surface area contributed by atoms with Gasteiger partial charge in [0, 0.05) is 24.3 Å². The second kappa shape index (κ2) is 5.87. The molecule has 1 fully saturated rings. The van der Waals surface area contributed by atoms with Gasteiger partial charge < -0.3 is 19.2 Å². The van der Waals surface area contributed by atoms with Crippen molar-refractivity contribution in [3.63, 3.8) is 0 Å². The van der Waals surface area contributed by atoms with E-state index in [1.54, 1.807) is 6.26 Å². The fraction of sp³-hybridized carbons (Fsp3) is 0.714. The normalized spacial score (nSPS) is 20.5. The van der Waals surface area contributed by atoms with Crippen molar-refractivity contribution in [3.05, 3.63) is 23.7 Å². The van der Waals surface area contributed by atoms with Crippen LogP contribution in [0.4, 0.5) is 0 Å². The maximum atomic E-state index is 5.77. The fourth-order valence-electron chi connectivity index (χ4n) is 1.85. The van der Waals surface area contributed by atoms with Crippen molar-refractivity contribution >= 4 is 0 Å². The van der Waals surface area contributed by atoms with Gasteiger partial charge in [0.15, 0.2) is 0 Å². The van der Waals surface area contributed by atoms with Crippen LogP contribution in [-0.2, 0) is 22.6 Å². The molecule has 0 spiro atoms. The highest BCUT2D eigenvalue weighted by atomic mass is 16.5. The number of ether oxygens (including phenoxy) is 2. The van der Waals surface area contributed by atoms with E-state index in [1.807, 2.05) is 6.07 Å². The van der Waals surface area contributed by atoms with Crippen LogP contribution in [-0.4, -0.2) is 24.9 Å². The smallest absolute Gasteiger partial charge is 0.133 e. The second-order valence-corrected chi connectivity index (χ2v) is 5.77. The quantitative estimate of drug-likeness (QED) is 0.875. The van der Waals surface area contributed by atoms with Crippen molar-refractivity contribution in [3.8, 4) is 0 Å². The molecule has 1 N–H and O–H groups in total. The van der Waals surface area contributed by atoms with E-state index in [2.05, 4.69) is 26.1 Å². The second-order valence-electron chi connectivity index (χ2n) is 5.77. The Bertz CT molecular complexity index is 361. The van der Waals surface area contributed by atoms with Gasteiger partial charge in [0.2, 0.25) is 0 Å². The van der Waals surface area contributed by atoms with E-state index in [-0.39, 0.29) is 11.6 Å². The van der Waals surface area contributed by atoms with E-state index in [9.17, 15) is 0 Å². The van der Waals surface area contributed by atoms with E-state index in [1.165, 1.54) is 5.56 Å². The minimum atomic E-state index is 0.106. The van der Waals surface area contributed by atoms with Gasteiger partial charge in [-0.25, -0.2) is 0 Å². The largest absolute Gasteiger partial charge is 0.467 e. The van der Waals surface area contributed by atoms with Gasteiger partial charge in [0.05, 0.1) is 19.0 Å². The molecule has 2 heterocycles. The Labute approximate surface area is 109 Å². The average molecular weight is 253 g/mol. The van der Waals surface area contributed by atoms with Gasteiger partial charge >= 0.3 is 0 Å². The van der Waals surface area contributed by atoms with Crippen LogP contribution in [0.5, 0.6) is 0 Å². The predicted molar refractivity (Wildman–Crippen MR) is 69.3 cm³/mol. The Kier molecular flexibility index (Phi) is 4.43. The average Bonchev–Trinajstić information content (AvgIpc) is 2.94. The van der Waals surface area contributed by atoms with E-state index in [0.29, 0.717) is 13.2 Å². The Morgan fingerprint density at radius 1 is 1.44 bits per heavy atom. The summed E-state index contributed by atoms with van der Waals surface area (Å²) < 4.78 is 16.5. The molecule has 1 aliphatic heterocycles. The molecule has 1 aliphatic rings. The third-order valence-electron chi connectivity index (χ3n) is 2.98. The van der Waals surface area contributed by atoms with Crippen LogP contribution in [0.2, 0.25) is 0 Å². The molecule has 4 heteroatoms. The fourth-order valence-corrected chi connectivity index (χ4v) is 1.85. The first kappa shape index (κ1) is 13.6. The molecule has 1 atom stereocenters. The van der Waals surface area contributed by atoms with Gasteiger partial charge in [-0.2, -0.15) is 0 Å². The van der Waals surface area contributed by atoms with E-state index < -0.39 is 0 Å². The van der Waals surface area contributed by atoms with Gasteiger partial charge in [-0.15, -0.1) is 0 Å². The maximum Gasteiger partial charge on any atom is 0.133 e. The van der Waals surface area contributed by atoms with Gasteiger partial charge in [-0.3, -0.25) is 0 Å². The van der Waals surface area contributed by atoms with Gasteiger partial charge in [0.1, 0.15) is 12.4 Å². The Morgan fingerprint density at radius 2 is 2.28 bits per heavy atom. The van der Waals surface area contributed by atoms with E-state index >= 15 is 0 Å². The number of hydrogen-bond donors (Lipinski definition) is 1. The zero-order valence-corrected chi connectivity index (χ0v) is 11.5. The van der Waals surface area contributed by atoms with Gasteiger partial charge in [-0.05, 0) is 33.3 Å². The lowest BCUT2D eigenvalue weighted by Gasteiger charge is -2.20. The van der Waals surface area contributed by atoms with Crippen molar-refractivity contribution in [2.45, 2.75) is 52.0 Å². The third kappa shape index (κ3) is 4.12. The van der Waals surface area contributed by atoms with Crippen LogP contribution in [0.3, 0.4) is 0 Å². The summed E-state index contributed by atoms with van der Waals surface area (Å²) in [6.45, 7) is 9.30. The van der Waals surface area contributed by atoms with E-state index in [4.69, 9.17) is 13.9 Å². The van der Waals surface area contributed by atoms with Crippen LogP contribution < -0.4 is 5.32 Å². The first-order chi connectivity index (χ1) is 8.54. The standard InChI is InChI=1S/C14H23NO3/c1-14(2,3)15-8-11-4-7-17-13(11)10-18-12-5-6-16-9-12/h4,7,12,15H,5-6,8-10H2,1-3H3. The molecule has 2 rings (SSSR count). The van der Waals surface area contributed by atoms with Crippen LogP contribution in [0.15, 0.2) is 16.7 Å². The molecule has 0 aromatic carbocycles. The molecule has 1 aromatic heterocycles. The molecule has 18 heavy (non-hydrogen) atoms.